The van der Waals surface area contributed by atoms with Gasteiger partial charge in [-0.15, -0.1) is 0 Å². The topological polar surface area (TPSA) is 26.3 Å². The van der Waals surface area contributed by atoms with Gasteiger partial charge < -0.3 is 26.2 Å². The van der Waals surface area contributed by atoms with Gasteiger partial charge in [0.25, 0.3) is 0 Å². The van der Waals surface area contributed by atoms with Crippen molar-refractivity contribution in [1.82, 2.24) is 0 Å². The summed E-state index contributed by atoms with van der Waals surface area (Å²) in [5.41, 5.74) is 1.96. The lowest BCUT2D eigenvalue weighted by atomic mass is 9.87. The fourth-order valence-corrected chi connectivity index (χ4v) is 3.99. The fraction of sp³-hybridized carbons (Fsp3) is 0.682. The minimum absolute atomic E-state index is 0. The second-order valence-corrected chi connectivity index (χ2v) is 9.30. The van der Waals surface area contributed by atoms with Crippen molar-refractivity contribution >= 4 is 5.97 Å². The van der Waals surface area contributed by atoms with E-state index in [0.717, 1.165) is 11.0 Å². The van der Waals surface area contributed by atoms with Crippen LogP contribution in [0.4, 0.5) is 0 Å². The minimum atomic E-state index is -0.211. The summed E-state index contributed by atoms with van der Waals surface area (Å²) in [6, 6.07) is 8.53. The molecule has 3 nitrogen and oxygen atoms in total. The van der Waals surface area contributed by atoms with E-state index in [4.69, 9.17) is 4.74 Å². The largest absolute Gasteiger partial charge is 1.00 e. The highest BCUT2D eigenvalue weighted by atomic mass is 79.9. The van der Waals surface area contributed by atoms with Gasteiger partial charge >= 0.3 is 5.97 Å². The summed E-state index contributed by atoms with van der Waals surface area (Å²) in [6.07, 6.45) is 6.54. The molecule has 0 saturated heterocycles. The van der Waals surface area contributed by atoms with Crippen molar-refractivity contribution in [2.75, 3.05) is 20.6 Å². The van der Waals surface area contributed by atoms with E-state index in [1.54, 1.807) is 0 Å². The standard InChI is InChI=1S/C22H36NO2.BrH/c1-17(16-23(5,6)20-10-8-7-9-11-20)25-21(24)18-12-14-19(15-13-18)22(2,3)4;/h12-15,17,20H,7-11,16H2,1-6H3;1H/q+1;/p-1/t17-;/m1./s1. The van der Waals surface area contributed by atoms with Crippen LogP contribution in [0.1, 0.15) is 75.7 Å². The Morgan fingerprint density at radius 1 is 1.12 bits per heavy atom. The predicted octanol–water partition coefficient (Wildman–Crippen LogP) is 1.94. The third-order valence-corrected chi connectivity index (χ3v) is 5.59. The van der Waals surface area contributed by atoms with Crippen LogP contribution in [0.3, 0.4) is 0 Å². The first kappa shape index (κ1) is 23.2. The Hall–Kier alpha value is -0.870. The van der Waals surface area contributed by atoms with Gasteiger partial charge in [0.15, 0.2) is 0 Å². The van der Waals surface area contributed by atoms with Gasteiger partial charge in [0.05, 0.1) is 25.7 Å². The second-order valence-electron chi connectivity index (χ2n) is 9.30. The molecule has 1 aromatic rings. The van der Waals surface area contributed by atoms with E-state index >= 15 is 0 Å². The van der Waals surface area contributed by atoms with Crippen LogP contribution in [-0.2, 0) is 10.2 Å². The third-order valence-electron chi connectivity index (χ3n) is 5.59. The fourth-order valence-electron chi connectivity index (χ4n) is 3.99. The number of hydrogen-bond donors (Lipinski definition) is 0. The zero-order chi connectivity index (χ0) is 18.7. The maximum absolute atomic E-state index is 12.4. The van der Waals surface area contributed by atoms with E-state index < -0.39 is 0 Å². The Morgan fingerprint density at radius 2 is 1.65 bits per heavy atom. The summed E-state index contributed by atoms with van der Waals surface area (Å²) >= 11 is 0. The maximum atomic E-state index is 12.4. The quantitative estimate of drug-likeness (QED) is 0.532. The zero-order valence-corrected chi connectivity index (χ0v) is 18.9. The monoisotopic (exact) mass is 425 g/mol. The van der Waals surface area contributed by atoms with E-state index in [1.807, 2.05) is 31.2 Å². The summed E-state index contributed by atoms with van der Waals surface area (Å²) in [6.45, 7) is 9.41. The molecule has 0 amide bonds. The number of quaternary nitrogens is 1. The van der Waals surface area contributed by atoms with Gasteiger partial charge in [-0.25, -0.2) is 4.79 Å². The number of likely N-dealkylation sites (N-methyl/N-ethyl adjacent to an activating group) is 1. The number of carbonyl (C=O) groups is 1. The van der Waals surface area contributed by atoms with Gasteiger partial charge in [-0.05, 0) is 55.7 Å². The van der Waals surface area contributed by atoms with E-state index in [9.17, 15) is 4.79 Å². The molecule has 26 heavy (non-hydrogen) atoms. The Balaban J connectivity index is 0.00000338. The zero-order valence-electron chi connectivity index (χ0n) is 17.3. The van der Waals surface area contributed by atoms with E-state index in [2.05, 4.69) is 34.9 Å². The van der Waals surface area contributed by atoms with Gasteiger partial charge in [0.1, 0.15) is 12.6 Å². The summed E-state index contributed by atoms with van der Waals surface area (Å²) < 4.78 is 6.68. The lowest BCUT2D eigenvalue weighted by molar-refractivity contribution is -0.918. The smallest absolute Gasteiger partial charge is 0.338 e. The minimum Gasteiger partial charge on any atom is -1.00 e. The molecule has 1 aliphatic carbocycles. The van der Waals surface area contributed by atoms with Crippen molar-refractivity contribution in [2.45, 2.75) is 77.4 Å². The molecular formula is C22H36BrNO2. The Labute approximate surface area is 170 Å². The number of carbonyl (C=O) groups excluding carboxylic acids is 1. The van der Waals surface area contributed by atoms with Crippen LogP contribution in [0.2, 0.25) is 0 Å². The molecule has 1 fully saturated rings. The molecule has 0 N–H and O–H groups in total. The summed E-state index contributed by atoms with van der Waals surface area (Å²) in [5.74, 6) is -0.211. The highest BCUT2D eigenvalue weighted by molar-refractivity contribution is 5.89. The molecule has 1 atom stereocenters. The van der Waals surface area contributed by atoms with E-state index in [-0.39, 0.29) is 34.5 Å². The lowest BCUT2D eigenvalue weighted by Crippen LogP contribution is -3.00. The van der Waals surface area contributed by atoms with Gasteiger partial charge in [-0.1, -0.05) is 39.3 Å². The van der Waals surface area contributed by atoms with Crippen molar-refractivity contribution in [3.63, 3.8) is 0 Å². The number of nitrogens with zero attached hydrogens (tertiary/aromatic N) is 1. The average molecular weight is 426 g/mol. The normalized spacial score (nSPS) is 17.3. The molecule has 148 valence electrons. The Bertz CT molecular complexity index is 569. The molecule has 1 aromatic carbocycles. The number of esters is 1. The Kier molecular flexibility index (Phi) is 8.34. The van der Waals surface area contributed by atoms with Crippen molar-refractivity contribution in [3.8, 4) is 0 Å². The summed E-state index contributed by atoms with van der Waals surface area (Å²) in [4.78, 5) is 12.4. The maximum Gasteiger partial charge on any atom is 0.338 e. The molecule has 0 radical (unpaired) electrons. The van der Waals surface area contributed by atoms with Gasteiger partial charge in [-0.3, -0.25) is 0 Å². The molecular weight excluding hydrogens is 390 g/mol. The molecule has 0 heterocycles. The van der Waals surface area contributed by atoms with Crippen molar-refractivity contribution in [2.24, 2.45) is 0 Å². The van der Waals surface area contributed by atoms with Crippen molar-refractivity contribution in [1.29, 1.82) is 0 Å². The number of ether oxygens (including phenoxy) is 1. The van der Waals surface area contributed by atoms with Crippen LogP contribution >= 0.6 is 0 Å². The molecule has 0 aromatic heterocycles. The first-order chi connectivity index (χ1) is 11.6. The lowest BCUT2D eigenvalue weighted by Gasteiger charge is -2.41. The van der Waals surface area contributed by atoms with Crippen molar-refractivity contribution < 1.29 is 31.0 Å². The van der Waals surface area contributed by atoms with Crippen LogP contribution in [-0.4, -0.2) is 43.2 Å². The van der Waals surface area contributed by atoms with Gasteiger partial charge in [-0.2, -0.15) is 0 Å². The van der Waals surface area contributed by atoms with Crippen LogP contribution in [0, 0.1) is 0 Å². The molecule has 0 aliphatic heterocycles. The molecule has 0 spiro atoms. The molecule has 2 rings (SSSR count). The summed E-state index contributed by atoms with van der Waals surface area (Å²) in [5, 5.41) is 0. The number of benzene rings is 1. The molecule has 0 bridgehead atoms. The average Bonchev–Trinajstić information content (AvgIpc) is 2.54. The van der Waals surface area contributed by atoms with E-state index in [1.165, 1.54) is 37.7 Å². The Morgan fingerprint density at radius 3 is 2.15 bits per heavy atom. The van der Waals surface area contributed by atoms with Crippen LogP contribution in [0.5, 0.6) is 0 Å². The van der Waals surface area contributed by atoms with Gasteiger partial charge in [0, 0.05) is 0 Å². The van der Waals surface area contributed by atoms with Crippen molar-refractivity contribution in [3.05, 3.63) is 35.4 Å². The highest BCUT2D eigenvalue weighted by Crippen LogP contribution is 2.26. The molecule has 0 unspecified atom stereocenters. The number of halogens is 1. The number of hydrogen-bond acceptors (Lipinski definition) is 2. The second kappa shape index (κ2) is 9.36. The molecule has 1 aliphatic rings. The van der Waals surface area contributed by atoms with Crippen LogP contribution in [0.15, 0.2) is 24.3 Å². The molecule has 4 heteroatoms. The number of rotatable bonds is 5. The predicted molar refractivity (Wildman–Crippen MR) is 104 cm³/mol. The SMILES string of the molecule is C[C@H](C[N+](C)(C)C1CCCCC1)OC(=O)c1ccc(C(C)(C)C)cc1.[Br-]. The van der Waals surface area contributed by atoms with Crippen LogP contribution < -0.4 is 17.0 Å². The van der Waals surface area contributed by atoms with E-state index in [0.29, 0.717) is 11.6 Å². The first-order valence-electron chi connectivity index (χ1n) is 9.74. The van der Waals surface area contributed by atoms with Gasteiger partial charge in [0.2, 0.25) is 0 Å². The van der Waals surface area contributed by atoms with Crippen LogP contribution in [0.25, 0.3) is 0 Å². The highest BCUT2D eigenvalue weighted by Gasteiger charge is 2.32. The third kappa shape index (κ3) is 6.38. The molecule has 1 saturated carbocycles. The first-order valence-corrected chi connectivity index (χ1v) is 9.74. The summed E-state index contributed by atoms with van der Waals surface area (Å²) in [7, 11) is 4.55.